The number of nitrogens with zero attached hydrogens (tertiary/aromatic N) is 2. The lowest BCUT2D eigenvalue weighted by molar-refractivity contribution is 0.139. The Bertz CT molecular complexity index is 561. The van der Waals surface area contributed by atoms with Gasteiger partial charge in [-0.05, 0) is 61.9 Å². The fourth-order valence-corrected chi connectivity index (χ4v) is 4.20. The molecule has 1 heterocycles. The van der Waals surface area contributed by atoms with Gasteiger partial charge in [-0.1, -0.05) is 50.2 Å². The van der Waals surface area contributed by atoms with Crippen LogP contribution in [0.25, 0.3) is 0 Å². The Balaban J connectivity index is 1.55. The molecule has 2 atom stereocenters. The maximum Gasteiger partial charge on any atom is 0.0410 e. The highest BCUT2D eigenvalue weighted by molar-refractivity contribution is 5.62. The van der Waals surface area contributed by atoms with Crippen LogP contribution in [0.2, 0.25) is 0 Å². The molecule has 0 amide bonds. The number of rotatable bonds is 7. The van der Waals surface area contributed by atoms with E-state index in [1.54, 1.807) is 0 Å². The lowest BCUT2D eigenvalue weighted by Crippen LogP contribution is -2.39. The number of piperidine rings is 1. The maximum absolute atomic E-state index is 2.67. The fourth-order valence-electron chi connectivity index (χ4n) is 4.20. The summed E-state index contributed by atoms with van der Waals surface area (Å²) >= 11 is 0. The van der Waals surface area contributed by atoms with Gasteiger partial charge in [0.15, 0.2) is 0 Å². The molecule has 3 rings (SSSR count). The van der Waals surface area contributed by atoms with Gasteiger partial charge in [-0.25, -0.2) is 0 Å². The van der Waals surface area contributed by atoms with Gasteiger partial charge in [0.2, 0.25) is 0 Å². The van der Waals surface area contributed by atoms with E-state index in [4.69, 9.17) is 0 Å². The molecule has 1 fully saturated rings. The Kier molecular flexibility index (Phi) is 6.52. The van der Waals surface area contributed by atoms with Gasteiger partial charge in [-0.2, -0.15) is 0 Å². The molecule has 1 saturated heterocycles. The number of likely N-dealkylation sites (tertiary alicyclic amines) is 1. The minimum atomic E-state index is 0.855. The Labute approximate surface area is 153 Å². The van der Waals surface area contributed by atoms with Crippen molar-refractivity contribution in [1.29, 1.82) is 0 Å². The summed E-state index contributed by atoms with van der Waals surface area (Å²) in [6, 6.07) is 21.5. The molecule has 0 radical (unpaired) electrons. The lowest BCUT2D eigenvalue weighted by Gasteiger charge is -2.35. The summed E-state index contributed by atoms with van der Waals surface area (Å²) in [5.74, 6) is 1.71. The molecular formula is C23H32N2. The molecule has 2 nitrogen and oxygen atoms in total. The first-order valence-corrected chi connectivity index (χ1v) is 9.82. The Morgan fingerprint density at radius 1 is 0.800 bits per heavy atom. The molecule has 0 aromatic heterocycles. The van der Waals surface area contributed by atoms with Gasteiger partial charge < -0.3 is 9.80 Å². The molecule has 25 heavy (non-hydrogen) atoms. The second-order valence-corrected chi connectivity index (χ2v) is 7.74. The average molecular weight is 337 g/mol. The highest BCUT2D eigenvalue weighted by Gasteiger charge is 2.21. The van der Waals surface area contributed by atoms with Crippen LogP contribution in [0.1, 0.15) is 33.1 Å². The lowest BCUT2D eigenvalue weighted by atomic mass is 9.92. The Hall–Kier alpha value is -1.80. The molecule has 2 aromatic carbocycles. The van der Waals surface area contributed by atoms with Gasteiger partial charge in [0.05, 0.1) is 0 Å². The quantitative estimate of drug-likeness (QED) is 0.609. The van der Waals surface area contributed by atoms with Crippen LogP contribution in [0, 0.1) is 11.8 Å². The standard InChI is InChI=1S/C23H32N2/c1-20-17-21(2)19-24(18-20)15-9-10-16-25(22-11-5-3-6-12-22)23-13-7-4-8-14-23/h3-8,11-14,20-21H,9-10,15-19H2,1-2H3. The molecule has 2 aromatic rings. The Morgan fingerprint density at radius 2 is 1.32 bits per heavy atom. The summed E-state index contributed by atoms with van der Waals surface area (Å²) in [6.45, 7) is 9.68. The van der Waals surface area contributed by atoms with E-state index in [1.807, 2.05) is 0 Å². The molecule has 0 bridgehead atoms. The van der Waals surface area contributed by atoms with Gasteiger partial charge in [0.1, 0.15) is 0 Å². The van der Waals surface area contributed by atoms with Crippen molar-refractivity contribution in [2.24, 2.45) is 11.8 Å². The summed E-state index contributed by atoms with van der Waals surface area (Å²) in [5, 5.41) is 0. The van der Waals surface area contributed by atoms with Crippen LogP contribution in [0.3, 0.4) is 0 Å². The zero-order valence-electron chi connectivity index (χ0n) is 15.8. The third-order valence-electron chi connectivity index (χ3n) is 5.19. The van der Waals surface area contributed by atoms with Crippen molar-refractivity contribution in [3.63, 3.8) is 0 Å². The van der Waals surface area contributed by atoms with Gasteiger partial charge in [-0.3, -0.25) is 0 Å². The summed E-state index contributed by atoms with van der Waals surface area (Å²) in [7, 11) is 0. The average Bonchev–Trinajstić information content (AvgIpc) is 2.62. The van der Waals surface area contributed by atoms with E-state index in [0.717, 1.165) is 18.4 Å². The maximum atomic E-state index is 2.67. The van der Waals surface area contributed by atoms with Gasteiger partial charge in [-0.15, -0.1) is 0 Å². The molecule has 0 spiro atoms. The molecule has 0 saturated carbocycles. The van der Waals surface area contributed by atoms with Gasteiger partial charge >= 0.3 is 0 Å². The van der Waals surface area contributed by atoms with E-state index in [0.29, 0.717) is 0 Å². The van der Waals surface area contributed by atoms with Crippen molar-refractivity contribution in [2.75, 3.05) is 31.1 Å². The van der Waals surface area contributed by atoms with Crippen LogP contribution in [0.15, 0.2) is 60.7 Å². The zero-order valence-corrected chi connectivity index (χ0v) is 15.8. The van der Waals surface area contributed by atoms with Crippen molar-refractivity contribution in [2.45, 2.75) is 33.1 Å². The third kappa shape index (κ3) is 5.34. The van der Waals surface area contributed by atoms with Crippen LogP contribution >= 0.6 is 0 Å². The van der Waals surface area contributed by atoms with Crippen LogP contribution in [0.5, 0.6) is 0 Å². The summed E-state index contributed by atoms with van der Waals surface area (Å²) in [6.07, 6.45) is 3.89. The predicted octanol–water partition coefficient (Wildman–Crippen LogP) is 5.58. The summed E-state index contributed by atoms with van der Waals surface area (Å²) in [4.78, 5) is 5.12. The normalized spacial score (nSPS) is 21.2. The first-order valence-electron chi connectivity index (χ1n) is 9.82. The molecule has 2 unspecified atom stereocenters. The van der Waals surface area contributed by atoms with Gasteiger partial charge in [0.25, 0.3) is 0 Å². The van der Waals surface area contributed by atoms with Crippen LogP contribution in [0.4, 0.5) is 11.4 Å². The second kappa shape index (κ2) is 9.05. The van der Waals surface area contributed by atoms with Gasteiger partial charge in [0, 0.05) is 31.0 Å². The molecule has 1 aliphatic rings. The van der Waals surface area contributed by atoms with E-state index in [-0.39, 0.29) is 0 Å². The highest BCUT2D eigenvalue weighted by atomic mass is 15.1. The van der Waals surface area contributed by atoms with Crippen LogP contribution < -0.4 is 4.90 Å². The molecule has 0 aliphatic carbocycles. The number of benzene rings is 2. The number of unbranched alkanes of at least 4 members (excludes halogenated alkanes) is 1. The van der Waals surface area contributed by atoms with Crippen molar-refractivity contribution < 1.29 is 0 Å². The SMILES string of the molecule is CC1CC(C)CN(CCCCN(c2ccccc2)c2ccccc2)C1. The second-order valence-electron chi connectivity index (χ2n) is 7.74. The zero-order chi connectivity index (χ0) is 17.5. The number of anilines is 2. The minimum Gasteiger partial charge on any atom is -0.341 e. The minimum absolute atomic E-state index is 0.855. The summed E-state index contributed by atoms with van der Waals surface area (Å²) in [5.41, 5.74) is 2.57. The first kappa shape index (κ1) is 18.0. The number of para-hydroxylation sites is 2. The van der Waals surface area contributed by atoms with E-state index in [1.165, 1.54) is 50.3 Å². The highest BCUT2D eigenvalue weighted by Crippen LogP contribution is 2.25. The number of hydrogen-bond donors (Lipinski definition) is 0. The monoisotopic (exact) mass is 336 g/mol. The van der Waals surface area contributed by atoms with E-state index in [2.05, 4.69) is 84.3 Å². The third-order valence-corrected chi connectivity index (χ3v) is 5.19. The molecule has 1 aliphatic heterocycles. The largest absolute Gasteiger partial charge is 0.341 e. The first-order chi connectivity index (χ1) is 12.2. The van der Waals surface area contributed by atoms with E-state index in [9.17, 15) is 0 Å². The smallest absolute Gasteiger partial charge is 0.0410 e. The van der Waals surface area contributed by atoms with Crippen molar-refractivity contribution in [1.82, 2.24) is 4.90 Å². The van der Waals surface area contributed by atoms with E-state index < -0.39 is 0 Å². The predicted molar refractivity (Wildman–Crippen MR) is 109 cm³/mol. The van der Waals surface area contributed by atoms with Crippen molar-refractivity contribution >= 4 is 11.4 Å². The number of hydrogen-bond acceptors (Lipinski definition) is 2. The van der Waals surface area contributed by atoms with Crippen LogP contribution in [-0.4, -0.2) is 31.1 Å². The van der Waals surface area contributed by atoms with Crippen LogP contribution in [-0.2, 0) is 0 Å². The molecule has 134 valence electrons. The molecule has 2 heteroatoms. The molecule has 0 N–H and O–H groups in total. The molecular weight excluding hydrogens is 304 g/mol. The van der Waals surface area contributed by atoms with Crippen molar-refractivity contribution in [3.05, 3.63) is 60.7 Å². The Morgan fingerprint density at radius 3 is 1.84 bits per heavy atom. The topological polar surface area (TPSA) is 6.48 Å². The van der Waals surface area contributed by atoms with E-state index >= 15 is 0 Å². The van der Waals surface area contributed by atoms with Crippen molar-refractivity contribution in [3.8, 4) is 0 Å². The fraction of sp³-hybridized carbons (Fsp3) is 0.478. The summed E-state index contributed by atoms with van der Waals surface area (Å²) < 4.78 is 0.